The van der Waals surface area contributed by atoms with Crippen LogP contribution < -0.4 is 10.6 Å². The van der Waals surface area contributed by atoms with Crippen LogP contribution in [-0.2, 0) is 4.79 Å². The average Bonchev–Trinajstić information content (AvgIpc) is 3.25. The van der Waals surface area contributed by atoms with Gasteiger partial charge in [-0.05, 0) is 18.4 Å². The Balaban J connectivity index is 1.85. The van der Waals surface area contributed by atoms with Crippen molar-refractivity contribution in [3.63, 3.8) is 0 Å². The van der Waals surface area contributed by atoms with E-state index in [1.165, 1.54) is 35.2 Å². The highest BCUT2D eigenvalue weighted by Gasteiger charge is 2.41. The molecule has 9 nitrogen and oxygen atoms in total. The van der Waals surface area contributed by atoms with Crippen LogP contribution in [0.15, 0.2) is 51.3 Å². The van der Waals surface area contributed by atoms with Gasteiger partial charge in [-0.1, -0.05) is 41.2 Å². The van der Waals surface area contributed by atoms with Crippen LogP contribution in [0.1, 0.15) is 30.7 Å². The number of terminal acetylenes is 1. The van der Waals surface area contributed by atoms with Crippen LogP contribution in [0.4, 0.5) is 10.8 Å². The van der Waals surface area contributed by atoms with Gasteiger partial charge < -0.3 is 5.73 Å². The van der Waals surface area contributed by atoms with Crippen LogP contribution in [0.3, 0.4) is 0 Å². The van der Waals surface area contributed by atoms with E-state index in [-0.39, 0.29) is 22.9 Å². The van der Waals surface area contributed by atoms with Gasteiger partial charge in [0.25, 0.3) is 5.69 Å². The number of hydrogen-bond acceptors (Lipinski definition) is 10. The molecule has 1 aliphatic heterocycles. The molecule has 0 radical (unpaired) electrons. The number of Topliss-reactive ketones (excluding diaryl/α,β-unsaturated/α-hetero) is 1. The molecule has 4 rings (SSSR count). The standard InChI is InChI=1S/C21H16N6O3S2/c1-2-10-31-21-25-24-20(32-21)26-15-4-3-5-16(28)18(15)17(14(11-22)19(26)23)12-6-8-13(9-7-12)27(29)30/h1,6-9,17H,3-5,10,23H2. The lowest BCUT2D eigenvalue weighted by molar-refractivity contribution is -0.384. The first kappa shape index (κ1) is 21.6. The normalized spacial score (nSPS) is 18.2. The number of ketones is 1. The summed E-state index contributed by atoms with van der Waals surface area (Å²) in [6.07, 6.45) is 6.89. The molecule has 0 bridgehead atoms. The summed E-state index contributed by atoms with van der Waals surface area (Å²) in [6, 6.07) is 8.00. The van der Waals surface area contributed by atoms with Crippen molar-refractivity contribution in [2.75, 3.05) is 10.7 Å². The monoisotopic (exact) mass is 464 g/mol. The van der Waals surface area contributed by atoms with E-state index in [9.17, 15) is 20.2 Å². The van der Waals surface area contributed by atoms with Crippen molar-refractivity contribution in [2.45, 2.75) is 29.5 Å². The molecule has 1 unspecified atom stereocenters. The van der Waals surface area contributed by atoms with E-state index in [1.807, 2.05) is 0 Å². The largest absolute Gasteiger partial charge is 0.384 e. The number of rotatable bonds is 5. The number of nitrogens with two attached hydrogens (primary N) is 1. The number of carbonyl (C=O) groups is 1. The van der Waals surface area contributed by atoms with Crippen molar-refractivity contribution >= 4 is 39.7 Å². The Kier molecular flexibility index (Phi) is 5.95. The number of anilines is 1. The Labute approximate surface area is 191 Å². The van der Waals surface area contributed by atoms with E-state index in [1.54, 1.807) is 17.0 Å². The van der Waals surface area contributed by atoms with Gasteiger partial charge in [0, 0.05) is 29.8 Å². The lowest BCUT2D eigenvalue weighted by Gasteiger charge is -2.38. The second kappa shape index (κ2) is 8.83. The topological polar surface area (TPSA) is 139 Å². The minimum absolute atomic E-state index is 0.0725. The summed E-state index contributed by atoms with van der Waals surface area (Å²) in [5, 5.41) is 29.8. The molecule has 2 aromatic rings. The molecule has 1 aromatic heterocycles. The highest BCUT2D eigenvalue weighted by Crippen LogP contribution is 2.47. The predicted molar refractivity (Wildman–Crippen MR) is 120 cm³/mol. The maximum Gasteiger partial charge on any atom is 0.269 e. The van der Waals surface area contributed by atoms with E-state index >= 15 is 0 Å². The summed E-state index contributed by atoms with van der Waals surface area (Å²) in [5.41, 5.74) is 8.34. The van der Waals surface area contributed by atoms with Gasteiger partial charge in [-0.15, -0.1) is 16.6 Å². The van der Waals surface area contributed by atoms with E-state index in [0.29, 0.717) is 51.3 Å². The van der Waals surface area contributed by atoms with E-state index in [2.05, 4.69) is 22.2 Å². The smallest absolute Gasteiger partial charge is 0.269 e. The number of nitro groups is 1. The molecule has 11 heteroatoms. The Hall–Kier alpha value is -3.67. The minimum Gasteiger partial charge on any atom is -0.384 e. The molecule has 0 amide bonds. The highest BCUT2D eigenvalue weighted by atomic mass is 32.2. The Morgan fingerprint density at radius 2 is 2.09 bits per heavy atom. The third kappa shape index (κ3) is 3.73. The van der Waals surface area contributed by atoms with E-state index in [4.69, 9.17) is 12.2 Å². The highest BCUT2D eigenvalue weighted by molar-refractivity contribution is 8.01. The molecular formula is C21H16N6O3S2. The molecule has 0 spiro atoms. The van der Waals surface area contributed by atoms with Crippen LogP contribution >= 0.6 is 23.1 Å². The molecule has 32 heavy (non-hydrogen) atoms. The summed E-state index contributed by atoms with van der Waals surface area (Å²) in [5.74, 6) is 2.38. The number of aromatic nitrogens is 2. The molecule has 0 saturated heterocycles. The zero-order chi connectivity index (χ0) is 22.8. The quantitative estimate of drug-likeness (QED) is 0.305. The van der Waals surface area contributed by atoms with Gasteiger partial charge in [-0.25, -0.2) is 0 Å². The van der Waals surface area contributed by atoms with E-state index in [0.717, 1.165) is 0 Å². The molecule has 1 atom stereocenters. The maximum atomic E-state index is 13.1. The Morgan fingerprint density at radius 1 is 1.34 bits per heavy atom. The summed E-state index contributed by atoms with van der Waals surface area (Å²) >= 11 is 2.65. The van der Waals surface area contributed by atoms with Crippen LogP contribution in [-0.4, -0.2) is 26.7 Å². The number of non-ortho nitro benzene ring substituents is 1. The molecule has 160 valence electrons. The average molecular weight is 465 g/mol. The lowest BCUT2D eigenvalue weighted by atomic mass is 9.76. The van der Waals surface area contributed by atoms with Crippen LogP contribution in [0.2, 0.25) is 0 Å². The van der Waals surface area contributed by atoms with Gasteiger partial charge in [0.2, 0.25) is 5.13 Å². The lowest BCUT2D eigenvalue weighted by Crippen LogP contribution is -2.38. The summed E-state index contributed by atoms with van der Waals surface area (Å²) < 4.78 is 0.658. The number of hydrogen-bond donors (Lipinski definition) is 1. The molecule has 1 aromatic carbocycles. The minimum atomic E-state index is -0.692. The number of nitriles is 1. The number of thioether (sulfide) groups is 1. The zero-order valence-corrected chi connectivity index (χ0v) is 18.3. The van der Waals surface area contributed by atoms with Gasteiger partial charge in [0.15, 0.2) is 10.1 Å². The first-order chi connectivity index (χ1) is 15.5. The van der Waals surface area contributed by atoms with Crippen molar-refractivity contribution in [3.05, 3.63) is 62.6 Å². The van der Waals surface area contributed by atoms with Crippen LogP contribution in [0, 0.1) is 33.8 Å². The first-order valence-electron chi connectivity index (χ1n) is 9.56. The third-order valence-electron chi connectivity index (χ3n) is 5.22. The zero-order valence-electron chi connectivity index (χ0n) is 16.6. The Bertz CT molecular complexity index is 1250. The third-order valence-corrected chi connectivity index (χ3v) is 7.16. The number of benzene rings is 1. The van der Waals surface area contributed by atoms with Gasteiger partial charge in [-0.2, -0.15) is 5.26 Å². The van der Waals surface area contributed by atoms with Crippen molar-refractivity contribution in [3.8, 4) is 18.4 Å². The molecular weight excluding hydrogens is 448 g/mol. The van der Waals surface area contributed by atoms with Crippen molar-refractivity contribution in [1.82, 2.24) is 10.2 Å². The first-order valence-corrected chi connectivity index (χ1v) is 11.4. The van der Waals surface area contributed by atoms with Gasteiger partial charge in [0.1, 0.15) is 5.82 Å². The van der Waals surface area contributed by atoms with Gasteiger partial charge >= 0.3 is 0 Å². The maximum absolute atomic E-state index is 13.1. The van der Waals surface area contributed by atoms with Crippen LogP contribution in [0.25, 0.3) is 0 Å². The molecule has 2 N–H and O–H groups in total. The van der Waals surface area contributed by atoms with E-state index < -0.39 is 10.8 Å². The molecule has 0 saturated carbocycles. The predicted octanol–water partition coefficient (Wildman–Crippen LogP) is 3.48. The van der Waals surface area contributed by atoms with Crippen molar-refractivity contribution < 1.29 is 9.72 Å². The van der Waals surface area contributed by atoms with Gasteiger partial charge in [0.05, 0.1) is 28.2 Å². The summed E-state index contributed by atoms with van der Waals surface area (Å²) in [6.45, 7) is 0. The number of allylic oxidation sites excluding steroid dienone is 3. The second-order valence-electron chi connectivity index (χ2n) is 7.01. The van der Waals surface area contributed by atoms with Crippen LogP contribution in [0.5, 0.6) is 0 Å². The molecule has 2 aliphatic rings. The number of nitro benzene ring substituents is 1. The Morgan fingerprint density at radius 3 is 2.75 bits per heavy atom. The molecule has 2 heterocycles. The number of nitrogens with zero attached hydrogens (tertiary/aromatic N) is 5. The molecule has 0 fully saturated rings. The summed E-state index contributed by atoms with van der Waals surface area (Å²) in [4.78, 5) is 25.2. The number of carbonyl (C=O) groups excluding carboxylic acids is 1. The second-order valence-corrected chi connectivity index (χ2v) is 9.19. The fourth-order valence-corrected chi connectivity index (χ4v) is 5.44. The molecule has 1 aliphatic carbocycles. The van der Waals surface area contributed by atoms with Crippen molar-refractivity contribution in [2.24, 2.45) is 5.73 Å². The fraction of sp³-hybridized carbons (Fsp3) is 0.238. The van der Waals surface area contributed by atoms with Gasteiger partial charge in [-0.3, -0.25) is 19.8 Å². The SMILES string of the molecule is C#CCSc1nnc(N2C(N)=C(C#N)C(c3ccc([N+](=O)[O-])cc3)C3=C2CCCC3=O)s1. The van der Waals surface area contributed by atoms with Crippen molar-refractivity contribution in [1.29, 1.82) is 5.26 Å². The fourth-order valence-electron chi connectivity index (χ4n) is 3.88. The summed E-state index contributed by atoms with van der Waals surface area (Å²) in [7, 11) is 0.